The number of pyridine rings is 1. The second-order valence-electron chi connectivity index (χ2n) is 10.7. The number of nitrogens with one attached hydrogen (secondary N) is 1. The van der Waals surface area contributed by atoms with Crippen LogP contribution >= 0.6 is 0 Å². The van der Waals surface area contributed by atoms with Gasteiger partial charge in [-0.15, -0.1) is 0 Å². The number of hydrogen-bond donors (Lipinski definition) is 1. The summed E-state index contributed by atoms with van der Waals surface area (Å²) in [6, 6.07) is 20.7. The van der Waals surface area contributed by atoms with Crippen molar-refractivity contribution in [2.24, 2.45) is 5.41 Å². The number of fused-ring (bicyclic) bond motifs is 1. The molecule has 0 amide bonds. The van der Waals surface area contributed by atoms with Gasteiger partial charge < -0.3 is 10.1 Å². The molecule has 0 radical (unpaired) electrons. The molecule has 2 aromatic heterocycles. The standard InChI is InChI=1S/C29H33N3O2/c1-20-12-11-17-32-25(20)30-24(26(32)31-29(5,6)19-28(2,3)4)22-15-10-16-23(18-22)34-27(33)21-13-8-7-9-14-21/h7-18,31H,19H2,1-6H3. The first kappa shape index (κ1) is 23.6. The van der Waals surface area contributed by atoms with E-state index in [0.29, 0.717) is 11.3 Å². The van der Waals surface area contributed by atoms with Crippen molar-refractivity contribution in [1.82, 2.24) is 9.38 Å². The molecule has 0 spiro atoms. The molecule has 2 aromatic carbocycles. The van der Waals surface area contributed by atoms with Gasteiger partial charge in [-0.2, -0.15) is 0 Å². The number of anilines is 1. The number of aryl methyl sites for hydroxylation is 1. The molecule has 0 atom stereocenters. The monoisotopic (exact) mass is 455 g/mol. The average Bonchev–Trinajstić information content (AvgIpc) is 3.12. The van der Waals surface area contributed by atoms with Crippen LogP contribution in [0, 0.1) is 12.3 Å². The minimum Gasteiger partial charge on any atom is -0.423 e. The summed E-state index contributed by atoms with van der Waals surface area (Å²) in [6.07, 6.45) is 3.01. The summed E-state index contributed by atoms with van der Waals surface area (Å²) in [5.74, 6) is 1.03. The Morgan fingerprint density at radius 1 is 0.971 bits per heavy atom. The van der Waals surface area contributed by atoms with Gasteiger partial charge in [0.25, 0.3) is 0 Å². The van der Waals surface area contributed by atoms with Gasteiger partial charge in [0, 0.05) is 17.3 Å². The first-order chi connectivity index (χ1) is 16.0. The molecule has 0 fully saturated rings. The van der Waals surface area contributed by atoms with E-state index in [9.17, 15) is 4.79 Å². The van der Waals surface area contributed by atoms with E-state index in [1.165, 1.54) is 0 Å². The normalized spacial score (nSPS) is 12.1. The van der Waals surface area contributed by atoms with Crippen molar-refractivity contribution >= 4 is 17.4 Å². The number of esters is 1. The fourth-order valence-electron chi connectivity index (χ4n) is 4.66. The quantitative estimate of drug-likeness (QED) is 0.248. The maximum atomic E-state index is 12.6. The van der Waals surface area contributed by atoms with E-state index < -0.39 is 0 Å². The highest BCUT2D eigenvalue weighted by atomic mass is 16.5. The first-order valence-electron chi connectivity index (χ1n) is 11.7. The van der Waals surface area contributed by atoms with Gasteiger partial charge in [-0.3, -0.25) is 4.40 Å². The third-order valence-corrected chi connectivity index (χ3v) is 5.60. The van der Waals surface area contributed by atoms with Crippen LogP contribution < -0.4 is 10.1 Å². The van der Waals surface area contributed by atoms with E-state index in [-0.39, 0.29) is 16.9 Å². The molecular formula is C29H33N3O2. The number of imidazole rings is 1. The Labute approximate surface area is 201 Å². The molecule has 0 unspecified atom stereocenters. The molecule has 0 saturated heterocycles. The van der Waals surface area contributed by atoms with Crippen LogP contribution in [0.5, 0.6) is 5.75 Å². The Hall–Kier alpha value is -3.60. The van der Waals surface area contributed by atoms with Gasteiger partial charge in [0.2, 0.25) is 0 Å². The molecule has 4 rings (SSSR count). The minimum atomic E-state index is -0.381. The molecule has 1 N–H and O–H groups in total. The van der Waals surface area contributed by atoms with Crippen molar-refractivity contribution in [2.75, 3.05) is 5.32 Å². The Kier molecular flexibility index (Phi) is 6.22. The zero-order valence-corrected chi connectivity index (χ0v) is 20.8. The summed E-state index contributed by atoms with van der Waals surface area (Å²) in [4.78, 5) is 17.6. The maximum Gasteiger partial charge on any atom is 0.343 e. The summed E-state index contributed by atoms with van der Waals surface area (Å²) in [5, 5.41) is 3.77. The van der Waals surface area contributed by atoms with Crippen LogP contribution in [0.15, 0.2) is 72.9 Å². The van der Waals surface area contributed by atoms with Crippen LogP contribution in [0.3, 0.4) is 0 Å². The zero-order valence-electron chi connectivity index (χ0n) is 20.8. The summed E-state index contributed by atoms with van der Waals surface area (Å²) in [7, 11) is 0. The first-order valence-corrected chi connectivity index (χ1v) is 11.7. The van der Waals surface area contributed by atoms with Crippen molar-refractivity contribution in [3.63, 3.8) is 0 Å². The molecule has 4 aromatic rings. The number of benzene rings is 2. The lowest BCUT2D eigenvalue weighted by Gasteiger charge is -2.34. The van der Waals surface area contributed by atoms with Crippen LogP contribution in [0.2, 0.25) is 0 Å². The Morgan fingerprint density at radius 3 is 2.41 bits per heavy atom. The fourth-order valence-corrected chi connectivity index (χ4v) is 4.66. The maximum absolute atomic E-state index is 12.6. The van der Waals surface area contributed by atoms with Gasteiger partial charge in [0.05, 0.1) is 5.56 Å². The number of carbonyl (C=O) groups excluding carboxylic acids is 1. The number of aromatic nitrogens is 2. The number of ether oxygens (including phenoxy) is 1. The van der Waals surface area contributed by atoms with Gasteiger partial charge >= 0.3 is 5.97 Å². The molecule has 34 heavy (non-hydrogen) atoms. The highest BCUT2D eigenvalue weighted by Crippen LogP contribution is 2.36. The van der Waals surface area contributed by atoms with Crippen LogP contribution in [0.4, 0.5) is 5.82 Å². The van der Waals surface area contributed by atoms with E-state index in [1.807, 2.05) is 48.7 Å². The van der Waals surface area contributed by atoms with E-state index in [2.05, 4.69) is 57.3 Å². The average molecular weight is 456 g/mol. The number of carbonyl (C=O) groups is 1. The molecular weight excluding hydrogens is 422 g/mol. The third-order valence-electron chi connectivity index (χ3n) is 5.60. The largest absolute Gasteiger partial charge is 0.423 e. The topological polar surface area (TPSA) is 55.6 Å². The molecule has 0 bridgehead atoms. The summed E-state index contributed by atoms with van der Waals surface area (Å²) >= 11 is 0. The number of nitrogens with zero attached hydrogens (tertiary/aromatic N) is 2. The lowest BCUT2D eigenvalue weighted by atomic mass is 9.82. The van der Waals surface area contributed by atoms with Crippen molar-refractivity contribution in [3.8, 4) is 17.0 Å². The van der Waals surface area contributed by atoms with E-state index >= 15 is 0 Å². The van der Waals surface area contributed by atoms with Gasteiger partial charge in [-0.1, -0.05) is 57.2 Å². The SMILES string of the molecule is Cc1cccn2c(NC(C)(C)CC(C)(C)C)c(-c3cccc(OC(=O)c4ccccc4)c3)nc12. The lowest BCUT2D eigenvalue weighted by Crippen LogP contribution is -2.36. The van der Waals surface area contributed by atoms with E-state index in [1.54, 1.807) is 18.2 Å². The molecule has 5 nitrogen and oxygen atoms in total. The Morgan fingerprint density at radius 2 is 1.71 bits per heavy atom. The van der Waals surface area contributed by atoms with Crippen LogP contribution in [-0.4, -0.2) is 20.9 Å². The fraction of sp³-hybridized carbons (Fsp3) is 0.310. The summed E-state index contributed by atoms with van der Waals surface area (Å²) in [5.41, 5.74) is 4.23. The molecule has 5 heteroatoms. The van der Waals surface area contributed by atoms with E-state index in [0.717, 1.165) is 34.7 Å². The summed E-state index contributed by atoms with van der Waals surface area (Å²) in [6.45, 7) is 13.3. The third kappa shape index (κ3) is 5.30. The highest BCUT2D eigenvalue weighted by molar-refractivity contribution is 5.91. The predicted octanol–water partition coefficient (Wildman–Crippen LogP) is 7.16. The molecule has 0 saturated carbocycles. The van der Waals surface area contributed by atoms with Crippen molar-refractivity contribution < 1.29 is 9.53 Å². The van der Waals surface area contributed by atoms with Gasteiger partial charge in [-0.25, -0.2) is 9.78 Å². The number of hydrogen-bond acceptors (Lipinski definition) is 4. The second kappa shape index (κ2) is 8.98. The van der Waals surface area contributed by atoms with Crippen LogP contribution in [0.25, 0.3) is 16.9 Å². The summed E-state index contributed by atoms with van der Waals surface area (Å²) < 4.78 is 7.78. The zero-order chi connectivity index (χ0) is 24.5. The van der Waals surface area contributed by atoms with Gasteiger partial charge in [-0.05, 0) is 68.5 Å². The Balaban J connectivity index is 1.74. The van der Waals surface area contributed by atoms with Crippen LogP contribution in [0.1, 0.15) is 57.0 Å². The van der Waals surface area contributed by atoms with E-state index in [4.69, 9.17) is 9.72 Å². The molecule has 2 heterocycles. The molecule has 0 aliphatic rings. The van der Waals surface area contributed by atoms with Crippen LogP contribution in [-0.2, 0) is 0 Å². The van der Waals surface area contributed by atoms with Gasteiger partial charge in [0.15, 0.2) is 0 Å². The number of rotatable bonds is 6. The molecule has 0 aliphatic heterocycles. The molecule has 176 valence electrons. The molecule has 0 aliphatic carbocycles. The predicted molar refractivity (Wildman–Crippen MR) is 139 cm³/mol. The smallest absolute Gasteiger partial charge is 0.343 e. The second-order valence-corrected chi connectivity index (χ2v) is 10.7. The van der Waals surface area contributed by atoms with Crippen molar-refractivity contribution in [2.45, 2.75) is 53.5 Å². The minimum absolute atomic E-state index is 0.163. The van der Waals surface area contributed by atoms with Crippen molar-refractivity contribution in [1.29, 1.82) is 0 Å². The Bertz CT molecular complexity index is 1310. The highest BCUT2D eigenvalue weighted by Gasteiger charge is 2.28. The lowest BCUT2D eigenvalue weighted by molar-refractivity contribution is 0.0735. The van der Waals surface area contributed by atoms with Crippen molar-refractivity contribution in [3.05, 3.63) is 84.1 Å². The van der Waals surface area contributed by atoms with Gasteiger partial charge in [0.1, 0.15) is 22.9 Å².